The van der Waals surface area contributed by atoms with Gasteiger partial charge in [-0.15, -0.1) is 0 Å². The van der Waals surface area contributed by atoms with Crippen LogP contribution in [0, 0.1) is 5.82 Å². The quantitative estimate of drug-likeness (QED) is 0.544. The normalized spacial score (nSPS) is 12.8. The first kappa shape index (κ1) is 19.6. The number of methoxy groups -OCH3 is 1. The Morgan fingerprint density at radius 1 is 0.964 bits per heavy atom. The van der Waals surface area contributed by atoms with E-state index in [4.69, 9.17) is 9.47 Å². The molecule has 1 N–H and O–H groups in total. The molecule has 0 unspecified atom stereocenters. The van der Waals surface area contributed by atoms with Crippen molar-refractivity contribution in [3.63, 3.8) is 0 Å². The number of hydrogen-bond acceptors (Lipinski definition) is 4. The van der Waals surface area contributed by atoms with Gasteiger partial charge in [0.05, 0.1) is 19.8 Å². The zero-order chi connectivity index (χ0) is 19.8. The molecule has 0 radical (unpaired) electrons. The summed E-state index contributed by atoms with van der Waals surface area (Å²) in [6.07, 6.45) is 0.0146. The van der Waals surface area contributed by atoms with E-state index in [-0.39, 0.29) is 5.82 Å². The topological polar surface area (TPSA) is 47.6 Å². The number of rotatable bonds is 9. The molecule has 5 heteroatoms. The van der Waals surface area contributed by atoms with E-state index in [1.165, 1.54) is 12.1 Å². The molecule has 0 bridgehead atoms. The molecule has 0 saturated carbocycles. The van der Waals surface area contributed by atoms with Gasteiger partial charge in [-0.2, -0.15) is 0 Å². The first-order valence-electron chi connectivity index (χ1n) is 8.96. The summed E-state index contributed by atoms with van der Waals surface area (Å²) in [7, 11) is 1.60. The fourth-order valence-corrected chi connectivity index (χ4v) is 2.87. The third kappa shape index (κ3) is 5.18. The zero-order valence-electron chi connectivity index (χ0n) is 15.5. The average molecular weight is 379 g/mol. The Morgan fingerprint density at radius 2 is 1.64 bits per heavy atom. The highest BCUT2D eigenvalue weighted by atomic mass is 19.1. The zero-order valence-corrected chi connectivity index (χ0v) is 15.5. The van der Waals surface area contributed by atoms with Crippen molar-refractivity contribution in [2.45, 2.75) is 18.8 Å². The maximum absolute atomic E-state index is 13.4. The monoisotopic (exact) mass is 379 g/mol. The molecule has 3 rings (SSSR count). The van der Waals surface area contributed by atoms with Gasteiger partial charge >= 0.3 is 0 Å². The average Bonchev–Trinajstić information content (AvgIpc) is 2.75. The summed E-state index contributed by atoms with van der Waals surface area (Å²) < 4.78 is 24.4. The SMILES string of the molecule is COc1ccc(N[C@H](c2ccc(F)cc2)[C@@H](C=O)OCc2ccccc2)cc1. The molecular weight excluding hydrogens is 357 g/mol. The van der Waals surface area contributed by atoms with Gasteiger partial charge < -0.3 is 19.6 Å². The van der Waals surface area contributed by atoms with Gasteiger partial charge in [-0.05, 0) is 47.5 Å². The summed E-state index contributed by atoms with van der Waals surface area (Å²) in [6, 6.07) is 22.6. The van der Waals surface area contributed by atoms with Crippen LogP contribution in [0.4, 0.5) is 10.1 Å². The number of benzene rings is 3. The van der Waals surface area contributed by atoms with Crippen LogP contribution in [0.25, 0.3) is 0 Å². The lowest BCUT2D eigenvalue weighted by molar-refractivity contribution is -0.119. The smallest absolute Gasteiger partial charge is 0.151 e. The van der Waals surface area contributed by atoms with Crippen molar-refractivity contribution >= 4 is 12.0 Å². The Morgan fingerprint density at radius 3 is 2.25 bits per heavy atom. The Hall–Kier alpha value is -3.18. The fraction of sp³-hybridized carbons (Fsp3) is 0.174. The summed E-state index contributed by atoms with van der Waals surface area (Å²) in [5.41, 5.74) is 2.52. The number of anilines is 1. The summed E-state index contributed by atoms with van der Waals surface area (Å²) >= 11 is 0. The predicted molar refractivity (Wildman–Crippen MR) is 107 cm³/mol. The molecule has 0 aliphatic heterocycles. The number of carbonyl (C=O) groups excluding carboxylic acids is 1. The maximum atomic E-state index is 13.4. The maximum Gasteiger partial charge on any atom is 0.151 e. The Kier molecular flexibility index (Phi) is 6.76. The number of hydrogen-bond donors (Lipinski definition) is 1. The molecule has 144 valence electrons. The van der Waals surface area contributed by atoms with E-state index < -0.39 is 12.1 Å². The molecular formula is C23H22FNO3. The summed E-state index contributed by atoms with van der Waals surface area (Å²) in [5.74, 6) is 0.399. The van der Waals surface area contributed by atoms with Gasteiger partial charge in [-0.1, -0.05) is 42.5 Å². The Bertz CT molecular complexity index is 867. The predicted octanol–water partition coefficient (Wildman–Crippen LogP) is 4.77. The largest absolute Gasteiger partial charge is 0.497 e. The molecule has 0 saturated heterocycles. The highest BCUT2D eigenvalue weighted by molar-refractivity contribution is 5.61. The fourth-order valence-electron chi connectivity index (χ4n) is 2.87. The number of carbonyl (C=O) groups is 1. The lowest BCUT2D eigenvalue weighted by atomic mass is 10.0. The number of ether oxygens (including phenoxy) is 2. The first-order valence-corrected chi connectivity index (χ1v) is 8.96. The van der Waals surface area contributed by atoms with E-state index in [1.807, 2.05) is 54.6 Å². The van der Waals surface area contributed by atoms with Crippen molar-refractivity contribution in [1.29, 1.82) is 0 Å². The molecule has 3 aromatic rings. The van der Waals surface area contributed by atoms with Crippen molar-refractivity contribution in [1.82, 2.24) is 0 Å². The van der Waals surface area contributed by atoms with Gasteiger partial charge in [0.1, 0.15) is 17.7 Å². The number of nitrogens with one attached hydrogen (secondary N) is 1. The minimum absolute atomic E-state index is 0.298. The van der Waals surface area contributed by atoms with Crippen LogP contribution in [0.1, 0.15) is 17.2 Å². The van der Waals surface area contributed by atoms with E-state index in [0.29, 0.717) is 6.61 Å². The molecule has 28 heavy (non-hydrogen) atoms. The Labute approximate surface area is 163 Å². The van der Waals surface area contributed by atoms with Crippen LogP contribution in [-0.4, -0.2) is 19.5 Å². The molecule has 0 aromatic heterocycles. The third-order valence-electron chi connectivity index (χ3n) is 4.39. The molecule has 3 aromatic carbocycles. The van der Waals surface area contributed by atoms with Crippen molar-refractivity contribution in [3.8, 4) is 5.75 Å². The van der Waals surface area contributed by atoms with E-state index in [2.05, 4.69) is 5.32 Å². The molecule has 0 spiro atoms. The molecule has 0 fully saturated rings. The van der Waals surface area contributed by atoms with Crippen molar-refractivity contribution in [2.24, 2.45) is 0 Å². The van der Waals surface area contributed by atoms with E-state index in [1.54, 1.807) is 19.2 Å². The molecule has 0 aliphatic carbocycles. The van der Waals surface area contributed by atoms with Crippen molar-refractivity contribution in [2.75, 3.05) is 12.4 Å². The van der Waals surface area contributed by atoms with Gasteiger partial charge in [0.15, 0.2) is 6.29 Å². The lowest BCUT2D eigenvalue weighted by Gasteiger charge is -2.26. The standard InChI is InChI=1S/C23H22FNO3/c1-27-21-13-11-20(12-14-21)25-23(18-7-9-19(24)10-8-18)22(15-26)28-16-17-5-3-2-4-6-17/h2-15,22-23,25H,16H2,1H3/t22-,23-/m1/s1. The summed E-state index contributed by atoms with van der Waals surface area (Å²) in [6.45, 7) is 0.298. The minimum atomic E-state index is -0.757. The van der Waals surface area contributed by atoms with Gasteiger partial charge in [0.2, 0.25) is 0 Å². The van der Waals surface area contributed by atoms with Gasteiger partial charge in [0, 0.05) is 5.69 Å². The summed E-state index contributed by atoms with van der Waals surface area (Å²) in [4.78, 5) is 11.8. The number of halogens is 1. The van der Waals surface area contributed by atoms with Crippen LogP contribution in [0.2, 0.25) is 0 Å². The van der Waals surface area contributed by atoms with Crippen LogP contribution >= 0.6 is 0 Å². The second-order valence-electron chi connectivity index (χ2n) is 6.30. The highest BCUT2D eigenvalue weighted by Gasteiger charge is 2.24. The molecule has 0 heterocycles. The van der Waals surface area contributed by atoms with Crippen molar-refractivity contribution < 1.29 is 18.7 Å². The Balaban J connectivity index is 1.82. The van der Waals surface area contributed by atoms with Crippen LogP contribution in [-0.2, 0) is 16.1 Å². The van der Waals surface area contributed by atoms with Crippen molar-refractivity contribution in [3.05, 3.63) is 95.8 Å². The lowest BCUT2D eigenvalue weighted by Crippen LogP contribution is -2.29. The van der Waals surface area contributed by atoms with E-state index in [9.17, 15) is 9.18 Å². The van der Waals surface area contributed by atoms with Gasteiger partial charge in [0.25, 0.3) is 0 Å². The van der Waals surface area contributed by atoms with Crippen LogP contribution in [0.3, 0.4) is 0 Å². The third-order valence-corrected chi connectivity index (χ3v) is 4.39. The molecule has 0 amide bonds. The minimum Gasteiger partial charge on any atom is -0.497 e. The van der Waals surface area contributed by atoms with Crippen LogP contribution in [0.5, 0.6) is 5.75 Å². The highest BCUT2D eigenvalue weighted by Crippen LogP contribution is 2.26. The van der Waals surface area contributed by atoms with E-state index in [0.717, 1.165) is 28.8 Å². The van der Waals surface area contributed by atoms with Gasteiger partial charge in [-0.3, -0.25) is 0 Å². The first-order chi connectivity index (χ1) is 13.7. The van der Waals surface area contributed by atoms with Gasteiger partial charge in [-0.25, -0.2) is 4.39 Å². The van der Waals surface area contributed by atoms with Crippen LogP contribution < -0.4 is 10.1 Å². The summed E-state index contributed by atoms with van der Waals surface area (Å²) in [5, 5.41) is 3.32. The molecule has 4 nitrogen and oxygen atoms in total. The number of aldehydes is 1. The second kappa shape index (κ2) is 9.67. The van der Waals surface area contributed by atoms with Crippen LogP contribution in [0.15, 0.2) is 78.9 Å². The molecule has 2 atom stereocenters. The second-order valence-corrected chi connectivity index (χ2v) is 6.30. The van der Waals surface area contributed by atoms with E-state index >= 15 is 0 Å². The molecule has 0 aliphatic rings.